The van der Waals surface area contributed by atoms with Crippen molar-refractivity contribution in [3.8, 4) is 0 Å². The van der Waals surface area contributed by atoms with Crippen LogP contribution in [0.15, 0.2) is 48.5 Å². The van der Waals surface area contributed by atoms with E-state index in [0.29, 0.717) is 6.54 Å². The predicted molar refractivity (Wildman–Crippen MR) is 111 cm³/mol. The molecule has 0 aromatic heterocycles. The molecule has 0 heterocycles. The van der Waals surface area contributed by atoms with Gasteiger partial charge in [-0.05, 0) is 29.5 Å². The molecule has 3 amide bonds. The van der Waals surface area contributed by atoms with Crippen molar-refractivity contribution < 1.29 is 19.1 Å². The summed E-state index contributed by atoms with van der Waals surface area (Å²) in [6.07, 6.45) is 1.57. The third-order valence-corrected chi connectivity index (χ3v) is 4.32. The lowest BCUT2D eigenvalue weighted by molar-refractivity contribution is -0.146. The van der Waals surface area contributed by atoms with Gasteiger partial charge in [-0.1, -0.05) is 62.4 Å². The van der Waals surface area contributed by atoms with Crippen molar-refractivity contribution in [1.29, 1.82) is 0 Å². The van der Waals surface area contributed by atoms with Crippen molar-refractivity contribution in [3.05, 3.63) is 65.2 Å². The van der Waals surface area contributed by atoms with Gasteiger partial charge in [-0.3, -0.25) is 9.59 Å². The number of anilines is 1. The number of carbonyl (C=O) groups excluding carboxylic acids is 3. The molecule has 0 aliphatic heterocycles. The van der Waals surface area contributed by atoms with Gasteiger partial charge in [0.15, 0.2) is 6.61 Å². The molecule has 0 spiro atoms. The molecule has 0 aliphatic rings. The summed E-state index contributed by atoms with van der Waals surface area (Å²) in [6, 6.07) is 14.8. The summed E-state index contributed by atoms with van der Waals surface area (Å²) in [5.41, 5.74) is 3.78. The van der Waals surface area contributed by atoms with Crippen LogP contribution >= 0.6 is 0 Å². The van der Waals surface area contributed by atoms with Gasteiger partial charge in [-0.15, -0.1) is 0 Å². The highest BCUT2D eigenvalue weighted by Gasteiger charge is 2.13. The highest BCUT2D eigenvalue weighted by molar-refractivity contribution is 5.94. The molecule has 0 fully saturated rings. The second-order valence-corrected chi connectivity index (χ2v) is 6.39. The molecule has 0 radical (unpaired) electrons. The smallest absolute Gasteiger partial charge is 0.325 e. The van der Waals surface area contributed by atoms with E-state index in [1.54, 1.807) is 0 Å². The average molecular weight is 397 g/mol. The van der Waals surface area contributed by atoms with Crippen LogP contribution in [0.25, 0.3) is 0 Å². The maximum Gasteiger partial charge on any atom is 0.325 e. The van der Waals surface area contributed by atoms with E-state index in [9.17, 15) is 14.4 Å². The van der Waals surface area contributed by atoms with Crippen LogP contribution in [0, 0.1) is 0 Å². The Morgan fingerprint density at radius 3 is 2.14 bits per heavy atom. The van der Waals surface area contributed by atoms with Gasteiger partial charge in [0.25, 0.3) is 5.91 Å². The summed E-state index contributed by atoms with van der Waals surface area (Å²) in [6.45, 7) is 3.64. The monoisotopic (exact) mass is 397 g/mol. The van der Waals surface area contributed by atoms with E-state index in [1.807, 2.05) is 62.4 Å². The van der Waals surface area contributed by atoms with Gasteiger partial charge < -0.3 is 20.7 Å². The second kappa shape index (κ2) is 11.5. The topological polar surface area (TPSA) is 96.5 Å². The van der Waals surface area contributed by atoms with E-state index < -0.39 is 24.5 Å². The van der Waals surface area contributed by atoms with Crippen LogP contribution in [0.4, 0.5) is 10.5 Å². The number of esters is 1. The Kier molecular flexibility index (Phi) is 8.69. The first-order valence-corrected chi connectivity index (χ1v) is 9.65. The number of carbonyl (C=O) groups is 3. The predicted octanol–water partition coefficient (Wildman–Crippen LogP) is 2.79. The number of para-hydroxylation sites is 1. The number of nitrogens with one attached hydrogen (secondary N) is 3. The van der Waals surface area contributed by atoms with Crippen molar-refractivity contribution in [1.82, 2.24) is 10.6 Å². The van der Waals surface area contributed by atoms with E-state index in [2.05, 4.69) is 16.0 Å². The Morgan fingerprint density at radius 2 is 1.52 bits per heavy atom. The summed E-state index contributed by atoms with van der Waals surface area (Å²) in [5.74, 6) is -1.10. The maximum absolute atomic E-state index is 12.2. The standard InChI is InChI=1S/C22H27N3O4/c1-3-17-11-8-12-18(4-2)21(17)25-19(26)15-29-20(27)14-24-22(28)23-13-16-9-6-5-7-10-16/h5-12H,3-4,13-15H2,1-2H3,(H,25,26)(H2,23,24,28). The van der Waals surface area contributed by atoms with E-state index in [1.165, 1.54) is 0 Å². The summed E-state index contributed by atoms with van der Waals surface area (Å²) in [7, 11) is 0. The minimum atomic E-state index is -0.686. The number of urea groups is 1. The molecule has 3 N–H and O–H groups in total. The van der Waals surface area contributed by atoms with Gasteiger partial charge in [0.1, 0.15) is 6.54 Å². The Hall–Kier alpha value is -3.35. The number of hydrogen-bond acceptors (Lipinski definition) is 4. The Labute approximate surface area is 170 Å². The molecule has 29 heavy (non-hydrogen) atoms. The fourth-order valence-corrected chi connectivity index (χ4v) is 2.77. The highest BCUT2D eigenvalue weighted by Crippen LogP contribution is 2.22. The molecule has 2 aromatic rings. The zero-order valence-electron chi connectivity index (χ0n) is 16.8. The Bertz CT molecular complexity index is 815. The molecular weight excluding hydrogens is 370 g/mol. The molecule has 0 aliphatic carbocycles. The third kappa shape index (κ3) is 7.29. The fourth-order valence-electron chi connectivity index (χ4n) is 2.77. The molecule has 0 atom stereocenters. The Balaban J connectivity index is 1.72. The van der Waals surface area contributed by atoms with Gasteiger partial charge >= 0.3 is 12.0 Å². The zero-order valence-corrected chi connectivity index (χ0v) is 16.8. The molecule has 2 aromatic carbocycles. The van der Waals surface area contributed by atoms with Crippen molar-refractivity contribution >= 4 is 23.6 Å². The van der Waals surface area contributed by atoms with E-state index >= 15 is 0 Å². The van der Waals surface area contributed by atoms with Gasteiger partial charge in [0.05, 0.1) is 0 Å². The lowest BCUT2D eigenvalue weighted by Crippen LogP contribution is -2.39. The molecule has 2 rings (SSSR count). The molecule has 0 saturated heterocycles. The number of hydrogen-bond donors (Lipinski definition) is 3. The third-order valence-electron chi connectivity index (χ3n) is 4.32. The fraction of sp³-hybridized carbons (Fsp3) is 0.318. The largest absolute Gasteiger partial charge is 0.454 e. The van der Waals surface area contributed by atoms with Gasteiger partial charge in [0, 0.05) is 12.2 Å². The number of rotatable bonds is 9. The van der Waals surface area contributed by atoms with Gasteiger partial charge in [-0.2, -0.15) is 0 Å². The first-order valence-electron chi connectivity index (χ1n) is 9.65. The normalized spacial score (nSPS) is 10.1. The Morgan fingerprint density at radius 1 is 0.862 bits per heavy atom. The summed E-state index contributed by atoms with van der Waals surface area (Å²) in [5, 5.41) is 7.87. The number of ether oxygens (including phenoxy) is 1. The molecule has 7 nitrogen and oxygen atoms in total. The van der Waals surface area contributed by atoms with E-state index in [0.717, 1.165) is 35.2 Å². The van der Waals surface area contributed by atoms with Crippen LogP contribution in [0.3, 0.4) is 0 Å². The van der Waals surface area contributed by atoms with Crippen molar-refractivity contribution in [2.24, 2.45) is 0 Å². The number of benzene rings is 2. The molecular formula is C22H27N3O4. The van der Waals surface area contributed by atoms with Crippen LogP contribution in [0.1, 0.15) is 30.5 Å². The maximum atomic E-state index is 12.2. The molecule has 0 unspecified atom stereocenters. The number of amides is 3. The minimum absolute atomic E-state index is 0.320. The second-order valence-electron chi connectivity index (χ2n) is 6.39. The molecule has 0 saturated carbocycles. The van der Waals surface area contributed by atoms with Crippen LogP contribution in [0.5, 0.6) is 0 Å². The molecule has 154 valence electrons. The lowest BCUT2D eigenvalue weighted by Gasteiger charge is -2.14. The average Bonchev–Trinajstić information content (AvgIpc) is 2.75. The van der Waals surface area contributed by atoms with Crippen molar-refractivity contribution in [2.45, 2.75) is 33.2 Å². The highest BCUT2D eigenvalue weighted by atomic mass is 16.5. The lowest BCUT2D eigenvalue weighted by atomic mass is 10.0. The first-order chi connectivity index (χ1) is 14.0. The first kappa shape index (κ1) is 21.9. The molecule has 0 bridgehead atoms. The van der Waals surface area contributed by atoms with Gasteiger partial charge in [0.2, 0.25) is 0 Å². The van der Waals surface area contributed by atoms with Crippen LogP contribution in [-0.2, 0) is 33.7 Å². The quantitative estimate of drug-likeness (QED) is 0.567. The van der Waals surface area contributed by atoms with E-state index in [-0.39, 0.29) is 6.54 Å². The van der Waals surface area contributed by atoms with Crippen LogP contribution < -0.4 is 16.0 Å². The van der Waals surface area contributed by atoms with E-state index in [4.69, 9.17) is 4.74 Å². The molecule has 7 heteroatoms. The summed E-state index contributed by atoms with van der Waals surface area (Å²) in [4.78, 5) is 35.7. The van der Waals surface area contributed by atoms with Crippen LogP contribution in [0.2, 0.25) is 0 Å². The number of aryl methyl sites for hydroxylation is 2. The zero-order chi connectivity index (χ0) is 21.1. The van der Waals surface area contributed by atoms with Crippen molar-refractivity contribution in [2.75, 3.05) is 18.5 Å². The van der Waals surface area contributed by atoms with Crippen LogP contribution in [-0.4, -0.2) is 31.1 Å². The van der Waals surface area contributed by atoms with Crippen molar-refractivity contribution in [3.63, 3.8) is 0 Å². The summed E-state index contributed by atoms with van der Waals surface area (Å²) < 4.78 is 4.94. The SMILES string of the molecule is CCc1cccc(CC)c1NC(=O)COC(=O)CNC(=O)NCc1ccccc1. The summed E-state index contributed by atoms with van der Waals surface area (Å²) >= 11 is 0. The van der Waals surface area contributed by atoms with Gasteiger partial charge in [-0.25, -0.2) is 4.79 Å². The minimum Gasteiger partial charge on any atom is -0.454 e.